The third kappa shape index (κ3) is 5.66. The molecule has 0 amide bonds. The molecule has 1 aromatic carbocycles. The number of piperidine rings is 1. The number of carbonyl (C=O) groups is 2. The van der Waals surface area contributed by atoms with Gasteiger partial charge in [-0.25, -0.2) is 4.39 Å². The van der Waals surface area contributed by atoms with Crippen molar-refractivity contribution in [1.82, 2.24) is 18.4 Å². The quantitative estimate of drug-likeness (QED) is 0.444. The summed E-state index contributed by atoms with van der Waals surface area (Å²) in [6, 6.07) is 7.44. The lowest BCUT2D eigenvalue weighted by molar-refractivity contribution is -0.124. The Kier molecular flexibility index (Phi) is 8.05. The summed E-state index contributed by atoms with van der Waals surface area (Å²) in [6.07, 6.45) is -0.372. The molecular formula is C25H34FN5O6S. The number of β-amino-alcohol motifs (C(OH)–C–C–N with tert-alkyl or cyclic N) is 1. The zero-order valence-electron chi connectivity index (χ0n) is 21.7. The van der Waals surface area contributed by atoms with Gasteiger partial charge in [0.05, 0.1) is 36.3 Å². The smallest absolute Gasteiger partial charge is 0.282 e. The lowest BCUT2D eigenvalue weighted by atomic mass is 9.84. The summed E-state index contributed by atoms with van der Waals surface area (Å²) in [6.45, 7) is 4.67. The molecule has 11 nitrogen and oxygen atoms in total. The molecule has 3 heterocycles. The number of aliphatic hydroxyl groups is 2. The van der Waals surface area contributed by atoms with Crippen molar-refractivity contribution < 1.29 is 32.6 Å². The molecule has 0 aliphatic carbocycles. The lowest BCUT2D eigenvalue weighted by Crippen LogP contribution is -2.52. The number of ketones is 1. The van der Waals surface area contributed by atoms with E-state index in [0.717, 1.165) is 14.6 Å². The maximum atomic E-state index is 13.3. The number of nitrogens with one attached hydrogen (secondary N) is 1. The van der Waals surface area contributed by atoms with E-state index in [1.165, 1.54) is 16.4 Å². The van der Waals surface area contributed by atoms with Crippen LogP contribution >= 0.6 is 0 Å². The highest BCUT2D eigenvalue weighted by Gasteiger charge is 2.44. The summed E-state index contributed by atoms with van der Waals surface area (Å²) in [5, 5.41) is 27.1. The Morgan fingerprint density at radius 3 is 2.47 bits per heavy atom. The Labute approximate surface area is 221 Å². The number of anilines is 1. The van der Waals surface area contributed by atoms with E-state index in [1.54, 1.807) is 39.0 Å². The van der Waals surface area contributed by atoms with Crippen LogP contribution in [0.3, 0.4) is 0 Å². The van der Waals surface area contributed by atoms with Crippen LogP contribution in [-0.2, 0) is 21.5 Å². The van der Waals surface area contributed by atoms with Crippen LogP contribution < -0.4 is 5.32 Å². The number of nitrogens with zero attached hydrogens (tertiary/aromatic N) is 4. The first-order valence-electron chi connectivity index (χ1n) is 12.5. The minimum atomic E-state index is -3.91. The van der Waals surface area contributed by atoms with Crippen LogP contribution in [-0.4, -0.2) is 87.6 Å². The molecule has 0 spiro atoms. The van der Waals surface area contributed by atoms with Crippen LogP contribution in [0, 0.1) is 17.2 Å². The lowest BCUT2D eigenvalue weighted by Gasteiger charge is -2.36. The standard InChI is InChI=1S/C25H34FN5O6S/c1-16-12-30(38(36,37)29-9-8-19(33)13-29)14-21(34)23(16)20-10-22(27-11-17-4-6-18(26)7-5-17)31(28-20)24(35)25(2,3)15-32/h4-7,10,16,19,23,27,32-33H,8-9,11-15H2,1-3H3. The fourth-order valence-electron chi connectivity index (χ4n) is 4.78. The third-order valence-electron chi connectivity index (χ3n) is 7.12. The molecule has 0 saturated carbocycles. The second-order valence-electron chi connectivity index (χ2n) is 10.7. The zero-order chi connectivity index (χ0) is 27.8. The monoisotopic (exact) mass is 551 g/mol. The largest absolute Gasteiger partial charge is 0.395 e. The number of halogens is 1. The Morgan fingerprint density at radius 2 is 1.89 bits per heavy atom. The number of rotatable bonds is 8. The Hall–Kier alpha value is -2.71. The van der Waals surface area contributed by atoms with Crippen molar-refractivity contribution in [3.63, 3.8) is 0 Å². The van der Waals surface area contributed by atoms with Crippen LogP contribution in [0.25, 0.3) is 0 Å². The van der Waals surface area contributed by atoms with Crippen molar-refractivity contribution in [2.45, 2.75) is 45.8 Å². The summed E-state index contributed by atoms with van der Waals surface area (Å²) in [7, 11) is -3.91. The molecule has 4 rings (SSSR count). The first-order chi connectivity index (χ1) is 17.8. The van der Waals surface area contributed by atoms with Crippen molar-refractivity contribution in [3.05, 3.63) is 47.4 Å². The van der Waals surface area contributed by atoms with Gasteiger partial charge in [0.1, 0.15) is 11.6 Å². The Morgan fingerprint density at radius 1 is 1.21 bits per heavy atom. The molecule has 0 bridgehead atoms. The summed E-state index contributed by atoms with van der Waals surface area (Å²) >= 11 is 0. The molecule has 2 aromatic rings. The average Bonchev–Trinajstić information content (AvgIpc) is 3.49. The van der Waals surface area contributed by atoms with Crippen LogP contribution in [0.4, 0.5) is 10.2 Å². The molecule has 3 unspecified atom stereocenters. The summed E-state index contributed by atoms with van der Waals surface area (Å²) in [4.78, 5) is 26.5. The highest BCUT2D eigenvalue weighted by molar-refractivity contribution is 7.86. The van der Waals surface area contributed by atoms with Crippen molar-refractivity contribution in [2.75, 3.05) is 38.1 Å². The molecule has 2 aliphatic heterocycles. The topological polar surface area (TPSA) is 145 Å². The zero-order valence-corrected chi connectivity index (χ0v) is 22.5. The van der Waals surface area contributed by atoms with Crippen LogP contribution in [0.2, 0.25) is 0 Å². The maximum absolute atomic E-state index is 13.3. The average molecular weight is 552 g/mol. The van der Waals surface area contributed by atoms with E-state index >= 15 is 0 Å². The second-order valence-corrected chi connectivity index (χ2v) is 12.6. The van der Waals surface area contributed by atoms with Gasteiger partial charge in [-0.2, -0.15) is 26.8 Å². The molecule has 0 radical (unpaired) electrons. The van der Waals surface area contributed by atoms with E-state index in [2.05, 4.69) is 10.4 Å². The van der Waals surface area contributed by atoms with Crippen LogP contribution in [0.1, 0.15) is 49.2 Å². The molecule has 2 saturated heterocycles. The predicted molar refractivity (Wildman–Crippen MR) is 137 cm³/mol. The number of aromatic nitrogens is 2. The van der Waals surface area contributed by atoms with Gasteiger partial charge in [-0.15, -0.1) is 0 Å². The normalized spacial score (nSPS) is 23.6. The van der Waals surface area contributed by atoms with Gasteiger partial charge in [0, 0.05) is 32.2 Å². The van der Waals surface area contributed by atoms with Crippen LogP contribution in [0.15, 0.2) is 30.3 Å². The number of Topliss-reactive ketones (excluding diaryl/α,β-unsaturated/α-hetero) is 1. The number of benzene rings is 1. The van der Waals surface area contributed by atoms with Gasteiger partial charge >= 0.3 is 0 Å². The van der Waals surface area contributed by atoms with E-state index in [9.17, 15) is 32.6 Å². The molecule has 2 fully saturated rings. The molecule has 3 atom stereocenters. The molecule has 13 heteroatoms. The third-order valence-corrected chi connectivity index (χ3v) is 9.03. The molecule has 208 valence electrons. The van der Waals surface area contributed by atoms with E-state index in [-0.39, 0.29) is 44.3 Å². The first-order valence-corrected chi connectivity index (χ1v) is 13.9. The summed E-state index contributed by atoms with van der Waals surface area (Å²) < 4.78 is 42.9. The summed E-state index contributed by atoms with van der Waals surface area (Å²) in [5.41, 5.74) is -0.0763. The Bertz CT molecular complexity index is 1300. The van der Waals surface area contributed by atoms with Gasteiger partial charge in [-0.05, 0) is 43.9 Å². The van der Waals surface area contributed by atoms with Gasteiger partial charge in [-0.1, -0.05) is 19.1 Å². The van der Waals surface area contributed by atoms with Gasteiger partial charge < -0.3 is 15.5 Å². The van der Waals surface area contributed by atoms with Crippen LogP contribution in [0.5, 0.6) is 0 Å². The van der Waals surface area contributed by atoms with E-state index in [4.69, 9.17) is 0 Å². The summed E-state index contributed by atoms with van der Waals surface area (Å²) in [5.74, 6) is -2.09. The van der Waals surface area contributed by atoms with Gasteiger partial charge in [0.2, 0.25) is 0 Å². The predicted octanol–water partition coefficient (Wildman–Crippen LogP) is 1.21. The minimum Gasteiger partial charge on any atom is -0.395 e. The molecule has 3 N–H and O–H groups in total. The van der Waals surface area contributed by atoms with E-state index in [1.807, 2.05) is 0 Å². The highest BCUT2D eigenvalue weighted by atomic mass is 32.2. The fourth-order valence-corrected chi connectivity index (χ4v) is 6.51. The Balaban J connectivity index is 1.59. The van der Waals surface area contributed by atoms with Crippen molar-refractivity contribution in [1.29, 1.82) is 0 Å². The number of hydrogen-bond donors (Lipinski definition) is 3. The number of hydrogen-bond acceptors (Lipinski definition) is 8. The highest BCUT2D eigenvalue weighted by Crippen LogP contribution is 2.34. The number of aliphatic hydroxyl groups excluding tert-OH is 2. The van der Waals surface area contributed by atoms with Gasteiger partial charge in [0.25, 0.3) is 16.1 Å². The van der Waals surface area contributed by atoms with Gasteiger partial charge in [0.15, 0.2) is 5.78 Å². The molecular weight excluding hydrogens is 517 g/mol. The molecule has 1 aromatic heterocycles. The first kappa shape index (κ1) is 28.3. The van der Waals surface area contributed by atoms with Crippen molar-refractivity contribution in [2.24, 2.45) is 11.3 Å². The maximum Gasteiger partial charge on any atom is 0.282 e. The van der Waals surface area contributed by atoms with Crippen molar-refractivity contribution >= 4 is 27.7 Å². The second kappa shape index (κ2) is 10.8. The van der Waals surface area contributed by atoms with Crippen molar-refractivity contribution in [3.8, 4) is 0 Å². The fraction of sp³-hybridized carbons (Fsp3) is 0.560. The number of carbonyl (C=O) groups excluding carboxylic acids is 2. The molecule has 38 heavy (non-hydrogen) atoms. The van der Waals surface area contributed by atoms with Gasteiger partial charge in [-0.3, -0.25) is 9.59 Å². The SMILES string of the molecule is CC1CN(S(=O)(=O)N2CCC(O)C2)CC(=O)C1c1cc(NCc2ccc(F)cc2)n(C(=O)C(C)(C)CO)n1. The van der Waals surface area contributed by atoms with E-state index < -0.39 is 46.1 Å². The van der Waals surface area contributed by atoms with E-state index in [0.29, 0.717) is 17.9 Å². The molecule has 2 aliphatic rings. The minimum absolute atomic E-state index is 0.00107.